The molecule has 8 heteroatoms. The van der Waals surface area contributed by atoms with Crippen LogP contribution in [-0.2, 0) is 0 Å². The van der Waals surface area contributed by atoms with Gasteiger partial charge in [-0.3, -0.25) is 19.7 Å². The zero-order chi connectivity index (χ0) is 19.8. The highest BCUT2D eigenvalue weighted by Gasteiger charge is 2.34. The SMILES string of the molecule is COc1cccc(C=NN2C(=O)c3cccc4c([N+](=O)[O-])ccc(c34)C2=O)c1. The van der Waals surface area contributed by atoms with Gasteiger partial charge in [0.25, 0.3) is 17.5 Å². The first-order valence-electron chi connectivity index (χ1n) is 8.28. The summed E-state index contributed by atoms with van der Waals surface area (Å²) in [7, 11) is 1.53. The first-order chi connectivity index (χ1) is 13.5. The molecule has 1 heterocycles. The molecular weight excluding hydrogens is 362 g/mol. The number of hydrogen-bond donors (Lipinski definition) is 0. The third-order valence-electron chi connectivity index (χ3n) is 4.48. The van der Waals surface area contributed by atoms with Gasteiger partial charge in [-0.2, -0.15) is 10.1 Å². The van der Waals surface area contributed by atoms with Gasteiger partial charge >= 0.3 is 0 Å². The normalized spacial score (nSPS) is 13.4. The number of carbonyl (C=O) groups is 2. The summed E-state index contributed by atoms with van der Waals surface area (Å²) in [6.45, 7) is 0. The maximum atomic E-state index is 12.8. The second-order valence-corrected chi connectivity index (χ2v) is 6.06. The minimum absolute atomic E-state index is 0.158. The number of imide groups is 1. The van der Waals surface area contributed by atoms with E-state index in [4.69, 9.17) is 4.74 Å². The van der Waals surface area contributed by atoms with E-state index in [2.05, 4.69) is 5.10 Å². The molecule has 138 valence electrons. The Labute approximate surface area is 158 Å². The molecule has 2 amide bonds. The molecule has 0 radical (unpaired) electrons. The van der Waals surface area contributed by atoms with Gasteiger partial charge in [0.1, 0.15) is 5.75 Å². The van der Waals surface area contributed by atoms with Crippen LogP contribution in [0.3, 0.4) is 0 Å². The molecule has 0 fully saturated rings. The van der Waals surface area contributed by atoms with Gasteiger partial charge in [-0.25, -0.2) is 0 Å². The lowest BCUT2D eigenvalue weighted by Crippen LogP contribution is -2.36. The summed E-state index contributed by atoms with van der Waals surface area (Å²) in [5, 5.41) is 16.6. The van der Waals surface area contributed by atoms with Gasteiger partial charge in [0.15, 0.2) is 0 Å². The average molecular weight is 375 g/mol. The largest absolute Gasteiger partial charge is 0.497 e. The fourth-order valence-electron chi connectivity index (χ4n) is 3.18. The molecule has 3 aromatic rings. The van der Waals surface area contributed by atoms with Gasteiger partial charge in [0, 0.05) is 11.5 Å². The quantitative estimate of drug-likeness (QED) is 0.301. The van der Waals surface area contributed by atoms with Crippen LogP contribution in [0.4, 0.5) is 5.69 Å². The topological polar surface area (TPSA) is 102 Å². The van der Waals surface area contributed by atoms with Crippen LogP contribution in [0.2, 0.25) is 0 Å². The number of methoxy groups -OCH3 is 1. The number of hydrogen-bond acceptors (Lipinski definition) is 6. The molecule has 8 nitrogen and oxygen atoms in total. The molecule has 0 atom stereocenters. The van der Waals surface area contributed by atoms with Crippen molar-refractivity contribution in [2.75, 3.05) is 7.11 Å². The molecule has 0 N–H and O–H groups in total. The number of benzene rings is 3. The monoisotopic (exact) mass is 375 g/mol. The summed E-state index contributed by atoms with van der Waals surface area (Å²) in [6.07, 6.45) is 1.38. The molecule has 3 aromatic carbocycles. The molecule has 28 heavy (non-hydrogen) atoms. The molecule has 1 aliphatic heterocycles. The molecule has 0 aliphatic carbocycles. The standard InChI is InChI=1S/C20H13N3O5/c1-28-13-5-2-4-12(10-13)11-21-22-19(24)15-7-3-6-14-17(23(26)27)9-8-16(18(14)15)20(22)25/h2-11H,1H3. The van der Waals surface area contributed by atoms with Crippen molar-refractivity contribution in [1.82, 2.24) is 5.01 Å². The predicted octanol–water partition coefficient (Wildman–Crippen LogP) is 3.39. The number of hydrazone groups is 1. The third-order valence-corrected chi connectivity index (χ3v) is 4.48. The highest BCUT2D eigenvalue weighted by atomic mass is 16.6. The van der Waals surface area contributed by atoms with Gasteiger partial charge in [0.2, 0.25) is 0 Å². The number of nitro groups is 1. The van der Waals surface area contributed by atoms with Crippen LogP contribution in [0, 0.1) is 10.1 Å². The highest BCUT2D eigenvalue weighted by Crippen LogP contribution is 2.35. The molecule has 0 bridgehead atoms. The summed E-state index contributed by atoms with van der Waals surface area (Å²) in [5.74, 6) is -0.659. The number of rotatable bonds is 4. The Morgan fingerprint density at radius 3 is 2.46 bits per heavy atom. The van der Waals surface area contributed by atoms with E-state index in [1.165, 1.54) is 37.6 Å². The van der Waals surface area contributed by atoms with Gasteiger partial charge in [0.05, 0.1) is 34.8 Å². The van der Waals surface area contributed by atoms with Crippen LogP contribution >= 0.6 is 0 Å². The summed E-state index contributed by atoms with van der Waals surface area (Å²) >= 11 is 0. The van der Waals surface area contributed by atoms with Crippen molar-refractivity contribution in [2.45, 2.75) is 0 Å². The summed E-state index contributed by atoms with van der Waals surface area (Å²) < 4.78 is 5.14. The second-order valence-electron chi connectivity index (χ2n) is 6.06. The number of non-ortho nitro benzene ring substituents is 1. The lowest BCUT2D eigenvalue weighted by molar-refractivity contribution is -0.383. The van der Waals surface area contributed by atoms with Crippen LogP contribution in [0.5, 0.6) is 5.75 Å². The lowest BCUT2D eigenvalue weighted by atomic mass is 9.94. The van der Waals surface area contributed by atoms with Crippen LogP contribution in [0.25, 0.3) is 10.8 Å². The van der Waals surface area contributed by atoms with Crippen molar-refractivity contribution in [3.8, 4) is 5.75 Å². The first kappa shape index (κ1) is 17.3. The zero-order valence-corrected chi connectivity index (χ0v) is 14.7. The number of carbonyl (C=O) groups excluding carboxylic acids is 2. The van der Waals surface area contributed by atoms with Gasteiger partial charge in [-0.1, -0.05) is 18.2 Å². The number of nitro benzene ring substituents is 1. The predicted molar refractivity (Wildman–Crippen MR) is 102 cm³/mol. The number of amides is 2. The van der Waals surface area contributed by atoms with Crippen molar-refractivity contribution < 1.29 is 19.2 Å². The van der Waals surface area contributed by atoms with E-state index < -0.39 is 16.7 Å². The van der Waals surface area contributed by atoms with Crippen LogP contribution in [0.1, 0.15) is 26.3 Å². The van der Waals surface area contributed by atoms with Crippen molar-refractivity contribution in [2.24, 2.45) is 5.10 Å². The van der Waals surface area contributed by atoms with Gasteiger partial charge in [-0.05, 0) is 35.9 Å². The highest BCUT2D eigenvalue weighted by molar-refractivity contribution is 6.26. The summed E-state index contributed by atoms with van der Waals surface area (Å²) in [6, 6.07) is 14.2. The molecule has 0 spiro atoms. The third kappa shape index (κ3) is 2.67. The van der Waals surface area contributed by atoms with E-state index in [0.29, 0.717) is 11.3 Å². The summed E-state index contributed by atoms with van der Waals surface area (Å²) in [4.78, 5) is 36.4. The Hall–Kier alpha value is -4.07. The van der Waals surface area contributed by atoms with E-state index in [1.807, 2.05) is 0 Å². The maximum Gasteiger partial charge on any atom is 0.282 e. The zero-order valence-electron chi connectivity index (χ0n) is 14.7. The minimum Gasteiger partial charge on any atom is -0.497 e. The molecule has 0 saturated heterocycles. The van der Waals surface area contributed by atoms with Crippen molar-refractivity contribution >= 4 is 34.5 Å². The van der Waals surface area contributed by atoms with Crippen molar-refractivity contribution in [1.29, 1.82) is 0 Å². The van der Waals surface area contributed by atoms with E-state index in [-0.39, 0.29) is 27.6 Å². The molecule has 0 aromatic heterocycles. The Kier molecular flexibility index (Phi) is 4.08. The maximum absolute atomic E-state index is 12.8. The Morgan fingerprint density at radius 2 is 1.75 bits per heavy atom. The number of ether oxygens (including phenoxy) is 1. The molecule has 1 aliphatic rings. The van der Waals surface area contributed by atoms with Gasteiger partial charge < -0.3 is 4.74 Å². The summed E-state index contributed by atoms with van der Waals surface area (Å²) in [5.41, 5.74) is 0.874. The first-order valence-corrected chi connectivity index (χ1v) is 8.28. The molecule has 0 unspecified atom stereocenters. The minimum atomic E-state index is -0.636. The Morgan fingerprint density at radius 1 is 1.04 bits per heavy atom. The van der Waals surface area contributed by atoms with E-state index >= 15 is 0 Å². The van der Waals surface area contributed by atoms with Crippen molar-refractivity contribution in [3.05, 3.63) is 81.4 Å². The van der Waals surface area contributed by atoms with E-state index in [0.717, 1.165) is 5.01 Å². The van der Waals surface area contributed by atoms with Gasteiger partial charge in [-0.15, -0.1) is 0 Å². The van der Waals surface area contributed by atoms with Crippen LogP contribution < -0.4 is 4.74 Å². The molecular formula is C20H13N3O5. The second kappa shape index (κ2) is 6.58. The van der Waals surface area contributed by atoms with Crippen LogP contribution in [0.15, 0.2) is 59.7 Å². The fraction of sp³-hybridized carbons (Fsp3) is 0.0500. The van der Waals surface area contributed by atoms with E-state index in [1.54, 1.807) is 30.3 Å². The smallest absolute Gasteiger partial charge is 0.282 e. The molecule has 0 saturated carbocycles. The fourth-order valence-corrected chi connectivity index (χ4v) is 3.18. The molecule has 4 rings (SSSR count). The van der Waals surface area contributed by atoms with E-state index in [9.17, 15) is 19.7 Å². The Balaban J connectivity index is 1.80. The van der Waals surface area contributed by atoms with Crippen LogP contribution in [-0.4, -0.2) is 35.1 Å². The average Bonchev–Trinajstić information content (AvgIpc) is 2.71. The number of nitrogens with zero attached hydrogens (tertiary/aromatic N) is 3. The van der Waals surface area contributed by atoms with Crippen molar-refractivity contribution in [3.63, 3.8) is 0 Å². The Bertz CT molecular complexity index is 1160. The lowest BCUT2D eigenvalue weighted by Gasteiger charge is -2.22.